The number of primary amides is 1. The van der Waals surface area contributed by atoms with Gasteiger partial charge in [-0.2, -0.15) is 0 Å². The molecule has 5 nitrogen and oxygen atoms in total. The number of rotatable bonds is 8. The molecule has 0 atom stereocenters. The van der Waals surface area contributed by atoms with Gasteiger partial charge in [-0.25, -0.2) is 0 Å². The second-order valence-electron chi connectivity index (χ2n) is 3.97. The van der Waals surface area contributed by atoms with Crippen LogP contribution in [0.2, 0.25) is 0 Å². The summed E-state index contributed by atoms with van der Waals surface area (Å²) in [5.74, 6) is 0.00649. The van der Waals surface area contributed by atoms with E-state index in [1.807, 2.05) is 0 Å². The van der Waals surface area contributed by atoms with Gasteiger partial charge in [0.25, 0.3) is 5.91 Å². The molecular formula is C13H17BrN2O3. The van der Waals surface area contributed by atoms with Gasteiger partial charge in [-0.1, -0.05) is 15.9 Å². The fourth-order valence-corrected chi connectivity index (χ4v) is 1.79. The Hall–Kier alpha value is -1.56. The van der Waals surface area contributed by atoms with E-state index in [-0.39, 0.29) is 12.5 Å². The molecule has 0 heterocycles. The van der Waals surface area contributed by atoms with E-state index in [1.54, 1.807) is 24.3 Å². The molecule has 0 spiro atoms. The Balaban J connectivity index is 2.39. The molecule has 0 aromatic heterocycles. The average Bonchev–Trinajstić information content (AvgIpc) is 2.38. The van der Waals surface area contributed by atoms with Crippen molar-refractivity contribution in [3.8, 4) is 5.75 Å². The molecule has 104 valence electrons. The van der Waals surface area contributed by atoms with Crippen LogP contribution in [0.1, 0.15) is 19.3 Å². The van der Waals surface area contributed by atoms with Crippen LogP contribution in [0.4, 0.5) is 5.69 Å². The highest BCUT2D eigenvalue weighted by Crippen LogP contribution is 2.16. The molecule has 0 fully saturated rings. The minimum absolute atomic E-state index is 0.00763. The van der Waals surface area contributed by atoms with E-state index in [2.05, 4.69) is 21.2 Å². The van der Waals surface area contributed by atoms with E-state index in [4.69, 9.17) is 10.5 Å². The van der Waals surface area contributed by atoms with Crippen molar-refractivity contribution in [1.29, 1.82) is 0 Å². The van der Waals surface area contributed by atoms with Crippen molar-refractivity contribution in [3.63, 3.8) is 0 Å². The highest BCUT2D eigenvalue weighted by Gasteiger charge is 2.03. The second kappa shape index (κ2) is 8.53. The Bertz CT molecular complexity index is 420. The zero-order valence-corrected chi connectivity index (χ0v) is 12.1. The summed E-state index contributed by atoms with van der Waals surface area (Å²) in [5, 5.41) is 3.70. The maximum absolute atomic E-state index is 11.6. The molecule has 0 saturated heterocycles. The fourth-order valence-electron chi connectivity index (χ4n) is 1.39. The Labute approximate surface area is 120 Å². The van der Waals surface area contributed by atoms with Crippen LogP contribution < -0.4 is 15.8 Å². The first-order valence-electron chi connectivity index (χ1n) is 5.99. The van der Waals surface area contributed by atoms with E-state index >= 15 is 0 Å². The van der Waals surface area contributed by atoms with Gasteiger partial charge in [0.2, 0.25) is 5.91 Å². The van der Waals surface area contributed by atoms with E-state index < -0.39 is 5.91 Å². The number of benzene rings is 1. The second-order valence-corrected chi connectivity index (χ2v) is 4.77. The third-order valence-electron chi connectivity index (χ3n) is 2.31. The van der Waals surface area contributed by atoms with E-state index in [9.17, 15) is 9.59 Å². The molecular weight excluding hydrogens is 312 g/mol. The summed E-state index contributed by atoms with van der Waals surface area (Å²) < 4.78 is 5.11. The molecule has 0 bridgehead atoms. The third kappa shape index (κ3) is 6.81. The maximum Gasteiger partial charge on any atom is 0.255 e. The van der Waals surface area contributed by atoms with Crippen LogP contribution in [-0.2, 0) is 9.59 Å². The molecule has 1 aromatic rings. The molecule has 1 aromatic carbocycles. The van der Waals surface area contributed by atoms with Gasteiger partial charge < -0.3 is 15.8 Å². The lowest BCUT2D eigenvalue weighted by molar-refractivity contribution is -0.120. The van der Waals surface area contributed by atoms with E-state index in [1.165, 1.54) is 0 Å². The molecule has 0 radical (unpaired) electrons. The number of ether oxygens (including phenoxy) is 1. The third-order valence-corrected chi connectivity index (χ3v) is 2.87. The number of halogens is 1. The van der Waals surface area contributed by atoms with Crippen molar-refractivity contribution in [2.24, 2.45) is 5.73 Å². The summed E-state index contributed by atoms with van der Waals surface area (Å²) in [6, 6.07) is 6.80. The van der Waals surface area contributed by atoms with Crippen molar-refractivity contribution in [2.75, 3.05) is 17.3 Å². The first-order valence-corrected chi connectivity index (χ1v) is 7.11. The summed E-state index contributed by atoms with van der Waals surface area (Å²) in [7, 11) is 0. The monoisotopic (exact) mass is 328 g/mol. The summed E-state index contributed by atoms with van der Waals surface area (Å²) in [4.78, 5) is 22.1. The van der Waals surface area contributed by atoms with Gasteiger partial charge in [0, 0.05) is 17.4 Å². The predicted octanol–water partition coefficient (Wildman–Crippen LogP) is 2.05. The predicted molar refractivity (Wildman–Crippen MR) is 77.4 cm³/mol. The normalized spacial score (nSPS) is 9.95. The molecule has 0 aliphatic rings. The highest BCUT2D eigenvalue weighted by molar-refractivity contribution is 9.09. The Morgan fingerprint density at radius 3 is 2.47 bits per heavy atom. The van der Waals surface area contributed by atoms with Gasteiger partial charge in [-0.05, 0) is 37.1 Å². The van der Waals surface area contributed by atoms with Crippen LogP contribution in [0.15, 0.2) is 24.3 Å². The zero-order valence-electron chi connectivity index (χ0n) is 10.5. The largest absolute Gasteiger partial charge is 0.484 e. The topological polar surface area (TPSA) is 81.4 Å². The van der Waals surface area contributed by atoms with Crippen molar-refractivity contribution in [2.45, 2.75) is 19.3 Å². The van der Waals surface area contributed by atoms with Crippen LogP contribution >= 0.6 is 15.9 Å². The number of hydrogen-bond donors (Lipinski definition) is 2. The summed E-state index contributed by atoms with van der Waals surface area (Å²) in [6.07, 6.45) is 2.34. The molecule has 19 heavy (non-hydrogen) atoms. The number of unbranched alkanes of at least 4 members (excludes halogenated alkanes) is 1. The Morgan fingerprint density at radius 2 is 1.89 bits per heavy atom. The Morgan fingerprint density at radius 1 is 1.21 bits per heavy atom. The maximum atomic E-state index is 11.6. The molecule has 6 heteroatoms. The van der Waals surface area contributed by atoms with E-state index in [0.717, 1.165) is 18.2 Å². The SMILES string of the molecule is NC(=O)COc1ccc(NC(=O)CCCCBr)cc1. The Kier molecular flexibility index (Phi) is 6.95. The first-order chi connectivity index (χ1) is 9.11. The van der Waals surface area contributed by atoms with Gasteiger partial charge in [0.05, 0.1) is 0 Å². The minimum Gasteiger partial charge on any atom is -0.484 e. The summed E-state index contributed by atoms with van der Waals surface area (Å²) >= 11 is 3.32. The smallest absolute Gasteiger partial charge is 0.255 e. The van der Waals surface area contributed by atoms with Gasteiger partial charge in [-0.15, -0.1) is 0 Å². The van der Waals surface area contributed by atoms with Crippen molar-refractivity contribution >= 4 is 33.4 Å². The highest BCUT2D eigenvalue weighted by atomic mass is 79.9. The lowest BCUT2D eigenvalue weighted by Crippen LogP contribution is -2.20. The van der Waals surface area contributed by atoms with Crippen LogP contribution in [-0.4, -0.2) is 23.8 Å². The number of carbonyl (C=O) groups excluding carboxylic acids is 2. The summed E-state index contributed by atoms with van der Waals surface area (Å²) in [5.41, 5.74) is 5.67. The number of hydrogen-bond acceptors (Lipinski definition) is 3. The fraction of sp³-hybridized carbons (Fsp3) is 0.385. The summed E-state index contributed by atoms with van der Waals surface area (Å²) in [6.45, 7) is -0.155. The standard InChI is InChI=1S/C13H17BrN2O3/c14-8-2-1-3-13(18)16-10-4-6-11(7-5-10)19-9-12(15)17/h4-7H,1-3,8-9H2,(H2,15,17)(H,16,18). The molecule has 0 aliphatic heterocycles. The average molecular weight is 329 g/mol. The van der Waals surface area contributed by atoms with E-state index in [0.29, 0.717) is 17.9 Å². The van der Waals surface area contributed by atoms with Gasteiger partial charge in [0.15, 0.2) is 6.61 Å². The van der Waals surface area contributed by atoms with Crippen molar-refractivity contribution < 1.29 is 14.3 Å². The van der Waals surface area contributed by atoms with Gasteiger partial charge in [0.1, 0.15) is 5.75 Å². The lowest BCUT2D eigenvalue weighted by atomic mass is 10.2. The number of anilines is 1. The molecule has 0 unspecified atom stereocenters. The first kappa shape index (κ1) is 15.5. The van der Waals surface area contributed by atoms with Crippen LogP contribution in [0.25, 0.3) is 0 Å². The number of alkyl halides is 1. The molecule has 0 aliphatic carbocycles. The molecule has 0 saturated carbocycles. The number of nitrogens with two attached hydrogens (primary N) is 1. The van der Waals surface area contributed by atoms with Gasteiger partial charge >= 0.3 is 0 Å². The number of nitrogens with one attached hydrogen (secondary N) is 1. The molecule has 1 rings (SSSR count). The van der Waals surface area contributed by atoms with Crippen LogP contribution in [0, 0.1) is 0 Å². The zero-order chi connectivity index (χ0) is 14.1. The van der Waals surface area contributed by atoms with Gasteiger partial charge in [-0.3, -0.25) is 9.59 Å². The van der Waals surface area contributed by atoms with Crippen molar-refractivity contribution in [1.82, 2.24) is 0 Å². The van der Waals surface area contributed by atoms with Crippen molar-refractivity contribution in [3.05, 3.63) is 24.3 Å². The van der Waals surface area contributed by atoms with Crippen LogP contribution in [0.5, 0.6) is 5.75 Å². The molecule has 3 N–H and O–H groups in total. The lowest BCUT2D eigenvalue weighted by Gasteiger charge is -2.07. The minimum atomic E-state index is -0.524. The number of amides is 2. The quantitative estimate of drug-likeness (QED) is 0.566. The van der Waals surface area contributed by atoms with Crippen LogP contribution in [0.3, 0.4) is 0 Å². The molecule has 2 amide bonds. The number of carbonyl (C=O) groups is 2.